The summed E-state index contributed by atoms with van der Waals surface area (Å²) in [6.45, 7) is 3.77. The molecule has 3 heteroatoms. The molecule has 2 N–H and O–H groups in total. The summed E-state index contributed by atoms with van der Waals surface area (Å²) in [4.78, 5) is 0. The van der Waals surface area contributed by atoms with Crippen LogP contribution in [-0.4, -0.2) is 19.3 Å². The average molecular weight is 277 g/mol. The Kier molecular flexibility index (Phi) is 6.34. The van der Waals surface area contributed by atoms with Crippen LogP contribution < -0.4 is 10.5 Å². The third kappa shape index (κ3) is 4.50. The van der Waals surface area contributed by atoms with Crippen LogP contribution in [0.2, 0.25) is 0 Å². The van der Waals surface area contributed by atoms with Crippen molar-refractivity contribution in [1.82, 2.24) is 0 Å². The molecule has 1 aromatic rings. The van der Waals surface area contributed by atoms with Gasteiger partial charge in [-0.15, -0.1) is 0 Å². The summed E-state index contributed by atoms with van der Waals surface area (Å²) < 4.78 is 11.6. The standard InChI is InChI=1S/C17H27NO2/c1-2-12-20-17-9-4-3-8-15(17)16(18)11-10-14-7-5-6-13-19-14/h3-4,8-9,14,16H,2,5-7,10-13,18H2,1H3. The number of nitrogens with two attached hydrogens (primary N) is 1. The normalized spacial score (nSPS) is 20.6. The highest BCUT2D eigenvalue weighted by Gasteiger charge is 2.17. The lowest BCUT2D eigenvalue weighted by Gasteiger charge is -2.24. The fourth-order valence-corrected chi connectivity index (χ4v) is 2.69. The quantitative estimate of drug-likeness (QED) is 0.824. The molecule has 0 bridgehead atoms. The van der Waals surface area contributed by atoms with Crippen LogP contribution in [0.15, 0.2) is 24.3 Å². The van der Waals surface area contributed by atoms with Crippen molar-refractivity contribution < 1.29 is 9.47 Å². The molecule has 1 aliphatic heterocycles. The third-order valence-corrected chi connectivity index (χ3v) is 3.85. The molecule has 0 aromatic heterocycles. The van der Waals surface area contributed by atoms with Gasteiger partial charge in [-0.25, -0.2) is 0 Å². The first-order chi connectivity index (χ1) is 9.81. The highest BCUT2D eigenvalue weighted by atomic mass is 16.5. The van der Waals surface area contributed by atoms with Crippen molar-refractivity contribution in [2.45, 2.75) is 57.6 Å². The molecule has 2 unspecified atom stereocenters. The Bertz CT molecular complexity index is 388. The van der Waals surface area contributed by atoms with Gasteiger partial charge < -0.3 is 15.2 Å². The predicted molar refractivity (Wildman–Crippen MR) is 82.0 cm³/mol. The van der Waals surface area contributed by atoms with E-state index in [0.29, 0.717) is 6.10 Å². The lowest BCUT2D eigenvalue weighted by atomic mass is 9.97. The summed E-state index contributed by atoms with van der Waals surface area (Å²) in [6.07, 6.45) is 7.09. The molecule has 2 rings (SSSR count). The van der Waals surface area contributed by atoms with Crippen LogP contribution in [0.3, 0.4) is 0 Å². The SMILES string of the molecule is CCCOc1ccccc1C(N)CCC1CCCCO1. The summed E-state index contributed by atoms with van der Waals surface area (Å²) in [5.74, 6) is 0.936. The van der Waals surface area contributed by atoms with Gasteiger partial charge >= 0.3 is 0 Å². The van der Waals surface area contributed by atoms with Gasteiger partial charge in [0.25, 0.3) is 0 Å². The van der Waals surface area contributed by atoms with Crippen molar-refractivity contribution >= 4 is 0 Å². The van der Waals surface area contributed by atoms with E-state index in [9.17, 15) is 0 Å². The molecule has 2 atom stereocenters. The molecule has 1 aliphatic rings. The molecule has 0 aliphatic carbocycles. The van der Waals surface area contributed by atoms with Crippen LogP contribution in [0.1, 0.15) is 57.1 Å². The lowest BCUT2D eigenvalue weighted by Crippen LogP contribution is -2.21. The van der Waals surface area contributed by atoms with Gasteiger partial charge in [-0.05, 0) is 44.6 Å². The van der Waals surface area contributed by atoms with E-state index in [0.717, 1.165) is 43.8 Å². The Balaban J connectivity index is 1.88. The molecule has 3 nitrogen and oxygen atoms in total. The van der Waals surface area contributed by atoms with Crippen molar-refractivity contribution in [1.29, 1.82) is 0 Å². The highest BCUT2D eigenvalue weighted by Crippen LogP contribution is 2.28. The van der Waals surface area contributed by atoms with Crippen LogP contribution in [0, 0.1) is 0 Å². The predicted octanol–water partition coefficient (Wildman–Crippen LogP) is 3.82. The van der Waals surface area contributed by atoms with Gasteiger partial charge in [0.15, 0.2) is 0 Å². The molecular weight excluding hydrogens is 250 g/mol. The summed E-state index contributed by atoms with van der Waals surface area (Å²) in [7, 11) is 0. The lowest BCUT2D eigenvalue weighted by molar-refractivity contribution is 0.00908. The molecule has 112 valence electrons. The Morgan fingerprint density at radius 2 is 2.20 bits per heavy atom. The van der Waals surface area contributed by atoms with Gasteiger partial charge in [0, 0.05) is 18.2 Å². The van der Waals surface area contributed by atoms with Gasteiger partial charge in [-0.2, -0.15) is 0 Å². The first kappa shape index (κ1) is 15.3. The van der Waals surface area contributed by atoms with Crippen LogP contribution in [0.25, 0.3) is 0 Å². The Labute approximate surface area is 122 Å². The molecule has 0 spiro atoms. The zero-order valence-corrected chi connectivity index (χ0v) is 12.5. The average Bonchev–Trinajstić information content (AvgIpc) is 2.52. The van der Waals surface area contributed by atoms with Crippen molar-refractivity contribution in [2.24, 2.45) is 5.73 Å². The van der Waals surface area contributed by atoms with E-state index >= 15 is 0 Å². The molecule has 0 amide bonds. The fourth-order valence-electron chi connectivity index (χ4n) is 2.69. The first-order valence-corrected chi connectivity index (χ1v) is 7.90. The minimum atomic E-state index is 0.0357. The first-order valence-electron chi connectivity index (χ1n) is 7.90. The van der Waals surface area contributed by atoms with E-state index in [1.165, 1.54) is 19.3 Å². The molecule has 0 saturated carbocycles. The monoisotopic (exact) mass is 277 g/mol. The summed E-state index contributed by atoms with van der Waals surface area (Å²) in [5.41, 5.74) is 7.47. The number of hydrogen-bond acceptors (Lipinski definition) is 3. The smallest absolute Gasteiger partial charge is 0.124 e. The van der Waals surface area contributed by atoms with Crippen molar-refractivity contribution in [3.05, 3.63) is 29.8 Å². The van der Waals surface area contributed by atoms with E-state index in [2.05, 4.69) is 13.0 Å². The van der Waals surface area contributed by atoms with Gasteiger partial charge in [-0.3, -0.25) is 0 Å². The number of hydrogen-bond donors (Lipinski definition) is 1. The van der Waals surface area contributed by atoms with E-state index in [1.54, 1.807) is 0 Å². The van der Waals surface area contributed by atoms with Gasteiger partial charge in [-0.1, -0.05) is 25.1 Å². The van der Waals surface area contributed by atoms with Crippen LogP contribution >= 0.6 is 0 Å². The van der Waals surface area contributed by atoms with Crippen LogP contribution in [-0.2, 0) is 4.74 Å². The number of ether oxygens (including phenoxy) is 2. The topological polar surface area (TPSA) is 44.5 Å². The summed E-state index contributed by atoms with van der Waals surface area (Å²) >= 11 is 0. The van der Waals surface area contributed by atoms with Crippen LogP contribution in [0.4, 0.5) is 0 Å². The molecule has 1 aromatic carbocycles. The van der Waals surface area contributed by atoms with E-state index in [4.69, 9.17) is 15.2 Å². The maximum Gasteiger partial charge on any atom is 0.124 e. The van der Waals surface area contributed by atoms with Crippen molar-refractivity contribution in [3.63, 3.8) is 0 Å². The molecule has 1 fully saturated rings. The minimum absolute atomic E-state index is 0.0357. The number of benzene rings is 1. The highest BCUT2D eigenvalue weighted by molar-refractivity contribution is 5.35. The number of para-hydroxylation sites is 1. The fraction of sp³-hybridized carbons (Fsp3) is 0.647. The maximum absolute atomic E-state index is 6.35. The van der Waals surface area contributed by atoms with Gasteiger partial charge in [0.2, 0.25) is 0 Å². The zero-order valence-electron chi connectivity index (χ0n) is 12.5. The Hall–Kier alpha value is -1.06. The maximum atomic E-state index is 6.35. The second-order valence-electron chi connectivity index (χ2n) is 5.56. The molecule has 1 heterocycles. The van der Waals surface area contributed by atoms with Crippen molar-refractivity contribution in [3.8, 4) is 5.75 Å². The van der Waals surface area contributed by atoms with E-state index < -0.39 is 0 Å². The van der Waals surface area contributed by atoms with Gasteiger partial charge in [0.05, 0.1) is 12.7 Å². The summed E-state index contributed by atoms with van der Waals surface area (Å²) in [6, 6.07) is 8.17. The molecule has 1 saturated heterocycles. The third-order valence-electron chi connectivity index (χ3n) is 3.85. The molecule has 20 heavy (non-hydrogen) atoms. The van der Waals surface area contributed by atoms with Crippen LogP contribution in [0.5, 0.6) is 5.75 Å². The largest absolute Gasteiger partial charge is 0.493 e. The second kappa shape index (κ2) is 8.28. The summed E-state index contributed by atoms with van der Waals surface area (Å²) in [5, 5.41) is 0. The zero-order chi connectivity index (χ0) is 14.2. The Morgan fingerprint density at radius 1 is 1.35 bits per heavy atom. The minimum Gasteiger partial charge on any atom is -0.493 e. The van der Waals surface area contributed by atoms with Gasteiger partial charge in [0.1, 0.15) is 5.75 Å². The molecular formula is C17H27NO2. The van der Waals surface area contributed by atoms with E-state index in [-0.39, 0.29) is 6.04 Å². The Morgan fingerprint density at radius 3 is 2.95 bits per heavy atom. The van der Waals surface area contributed by atoms with Crippen molar-refractivity contribution in [2.75, 3.05) is 13.2 Å². The molecule has 0 radical (unpaired) electrons. The number of rotatable bonds is 7. The van der Waals surface area contributed by atoms with E-state index in [1.807, 2.05) is 18.2 Å². The second-order valence-corrected chi connectivity index (χ2v) is 5.56.